The van der Waals surface area contributed by atoms with Crippen LogP contribution in [0.25, 0.3) is 0 Å². The number of thioether (sulfide) groups is 1. The van der Waals surface area contributed by atoms with Crippen LogP contribution in [0.2, 0.25) is 0 Å². The molecule has 3 aromatic rings. The lowest BCUT2D eigenvalue weighted by Gasteiger charge is -2.05. The maximum Gasteiger partial charge on any atom is 0.276 e. The highest BCUT2D eigenvalue weighted by molar-refractivity contribution is 7.97. The van der Waals surface area contributed by atoms with E-state index in [9.17, 15) is 9.59 Å². The smallest absolute Gasteiger partial charge is 0.276 e. The molecular weight excluding hydrogens is 384 g/mol. The zero-order chi connectivity index (χ0) is 20.6. The number of aryl methyl sites for hydroxylation is 2. The highest BCUT2D eigenvalue weighted by Crippen LogP contribution is 2.17. The van der Waals surface area contributed by atoms with Gasteiger partial charge in [0.2, 0.25) is 5.91 Å². The van der Waals surface area contributed by atoms with Crippen LogP contribution in [0.3, 0.4) is 0 Å². The lowest BCUT2D eigenvalue weighted by Crippen LogP contribution is -2.14. The number of carbonyl (C=O) groups is 2. The first-order chi connectivity index (χ1) is 14.0. The molecule has 0 aliphatic heterocycles. The third-order valence-corrected chi connectivity index (χ3v) is 4.98. The number of anilines is 2. The van der Waals surface area contributed by atoms with Gasteiger partial charge in [-0.25, -0.2) is 0 Å². The summed E-state index contributed by atoms with van der Waals surface area (Å²) in [4.78, 5) is 24.8. The molecule has 7 heteroatoms. The third kappa shape index (κ3) is 5.96. The van der Waals surface area contributed by atoms with Crippen molar-refractivity contribution >= 4 is 35.1 Å². The van der Waals surface area contributed by atoms with Crippen LogP contribution in [0.5, 0.6) is 0 Å². The standard InChI is InChI=1S/C22H24N4O2S/c1-26-20(24-21(27)12-11-16-7-4-3-5-8-16)14-19(25-26)22(28)23-18-10-6-9-17(13-18)15-29-2/h3-10,13-14H,11-12,15H2,1-2H3,(H,23,28)(H,24,27). The molecule has 0 saturated carbocycles. The van der Waals surface area contributed by atoms with Gasteiger partial charge in [-0.2, -0.15) is 16.9 Å². The van der Waals surface area contributed by atoms with Crippen molar-refractivity contribution in [2.75, 3.05) is 16.9 Å². The molecule has 0 spiro atoms. The molecule has 0 unspecified atom stereocenters. The van der Waals surface area contributed by atoms with E-state index in [2.05, 4.69) is 15.7 Å². The predicted molar refractivity (Wildman–Crippen MR) is 118 cm³/mol. The van der Waals surface area contributed by atoms with Crippen LogP contribution in [0.4, 0.5) is 11.5 Å². The number of rotatable bonds is 8. The fourth-order valence-electron chi connectivity index (χ4n) is 2.90. The van der Waals surface area contributed by atoms with Crippen LogP contribution in [-0.4, -0.2) is 27.9 Å². The topological polar surface area (TPSA) is 76.0 Å². The Kier molecular flexibility index (Phi) is 7.08. The van der Waals surface area contributed by atoms with E-state index in [1.165, 1.54) is 4.68 Å². The first-order valence-corrected chi connectivity index (χ1v) is 10.7. The minimum Gasteiger partial charge on any atom is -0.321 e. The number of benzene rings is 2. The zero-order valence-electron chi connectivity index (χ0n) is 16.5. The van der Waals surface area contributed by atoms with Gasteiger partial charge in [0.05, 0.1) is 0 Å². The molecular formula is C22H24N4O2S. The van der Waals surface area contributed by atoms with Gasteiger partial charge in [0.25, 0.3) is 5.91 Å². The lowest BCUT2D eigenvalue weighted by atomic mass is 10.1. The molecule has 0 aliphatic carbocycles. The minimum atomic E-state index is -0.313. The van der Waals surface area contributed by atoms with Gasteiger partial charge in [-0.05, 0) is 35.9 Å². The minimum absolute atomic E-state index is 0.117. The average Bonchev–Trinajstić information content (AvgIpc) is 3.08. The second-order valence-electron chi connectivity index (χ2n) is 6.66. The average molecular weight is 409 g/mol. The number of nitrogens with zero attached hydrogens (tertiary/aromatic N) is 2. The number of nitrogens with one attached hydrogen (secondary N) is 2. The molecule has 0 bridgehead atoms. The molecule has 0 atom stereocenters. The van der Waals surface area contributed by atoms with Crippen LogP contribution in [0.15, 0.2) is 60.7 Å². The van der Waals surface area contributed by atoms with Gasteiger partial charge in [0, 0.05) is 31.0 Å². The van der Waals surface area contributed by atoms with Gasteiger partial charge in [0.15, 0.2) is 5.69 Å². The van der Waals surface area contributed by atoms with E-state index in [4.69, 9.17) is 0 Å². The summed E-state index contributed by atoms with van der Waals surface area (Å²) in [6, 6.07) is 19.2. The molecule has 1 aromatic heterocycles. The molecule has 0 radical (unpaired) electrons. The van der Waals surface area contributed by atoms with Gasteiger partial charge >= 0.3 is 0 Å². The Morgan fingerprint density at radius 1 is 1.00 bits per heavy atom. The number of carbonyl (C=O) groups excluding carboxylic acids is 2. The van der Waals surface area contributed by atoms with Crippen molar-refractivity contribution in [3.8, 4) is 0 Å². The number of aromatic nitrogens is 2. The Morgan fingerprint density at radius 3 is 2.52 bits per heavy atom. The van der Waals surface area contributed by atoms with Gasteiger partial charge in [-0.1, -0.05) is 42.5 Å². The van der Waals surface area contributed by atoms with Crippen molar-refractivity contribution < 1.29 is 9.59 Å². The molecule has 150 valence electrons. The van der Waals surface area contributed by atoms with E-state index >= 15 is 0 Å². The third-order valence-electron chi connectivity index (χ3n) is 4.36. The van der Waals surface area contributed by atoms with E-state index in [1.54, 1.807) is 24.9 Å². The van der Waals surface area contributed by atoms with Gasteiger partial charge in [0.1, 0.15) is 5.82 Å². The molecule has 3 rings (SSSR count). The first kappa shape index (κ1) is 20.7. The Balaban J connectivity index is 1.59. The largest absolute Gasteiger partial charge is 0.321 e. The summed E-state index contributed by atoms with van der Waals surface area (Å²) in [7, 11) is 1.70. The first-order valence-electron chi connectivity index (χ1n) is 9.32. The summed E-state index contributed by atoms with van der Waals surface area (Å²) < 4.78 is 1.50. The molecule has 0 aliphatic rings. The van der Waals surface area contributed by atoms with Crippen molar-refractivity contribution in [2.45, 2.75) is 18.6 Å². The fraction of sp³-hybridized carbons (Fsp3) is 0.227. The Labute approximate surface area is 174 Å². The highest BCUT2D eigenvalue weighted by Gasteiger charge is 2.15. The zero-order valence-corrected chi connectivity index (χ0v) is 17.3. The van der Waals surface area contributed by atoms with Crippen LogP contribution in [0, 0.1) is 0 Å². The fourth-order valence-corrected chi connectivity index (χ4v) is 3.42. The van der Waals surface area contributed by atoms with Gasteiger partial charge in [-0.3, -0.25) is 14.3 Å². The van der Waals surface area contributed by atoms with E-state index in [0.29, 0.717) is 18.7 Å². The summed E-state index contributed by atoms with van der Waals surface area (Å²) in [6.45, 7) is 0. The molecule has 1 heterocycles. The SMILES string of the molecule is CSCc1cccc(NC(=O)c2cc(NC(=O)CCc3ccccc3)n(C)n2)c1. The monoisotopic (exact) mass is 408 g/mol. The summed E-state index contributed by atoms with van der Waals surface area (Å²) in [5.41, 5.74) is 3.22. The number of amides is 2. The maximum atomic E-state index is 12.5. The molecule has 2 amide bonds. The molecule has 6 nitrogen and oxygen atoms in total. The summed E-state index contributed by atoms with van der Waals surface area (Å²) in [5, 5.41) is 9.91. The highest BCUT2D eigenvalue weighted by atomic mass is 32.2. The molecule has 0 fully saturated rings. The molecule has 29 heavy (non-hydrogen) atoms. The van der Waals surface area contributed by atoms with Crippen molar-refractivity contribution in [3.05, 3.63) is 77.5 Å². The van der Waals surface area contributed by atoms with Crippen LogP contribution < -0.4 is 10.6 Å². The predicted octanol–water partition coefficient (Wildman–Crippen LogP) is 4.11. The summed E-state index contributed by atoms with van der Waals surface area (Å²) in [5.74, 6) is 0.941. The van der Waals surface area contributed by atoms with Crippen molar-refractivity contribution in [3.63, 3.8) is 0 Å². The van der Waals surface area contributed by atoms with Gasteiger partial charge < -0.3 is 10.6 Å². The maximum absolute atomic E-state index is 12.5. The lowest BCUT2D eigenvalue weighted by molar-refractivity contribution is -0.116. The Hall–Kier alpha value is -3.06. The Morgan fingerprint density at radius 2 is 1.76 bits per heavy atom. The summed E-state index contributed by atoms with van der Waals surface area (Å²) >= 11 is 1.72. The second-order valence-corrected chi connectivity index (χ2v) is 7.53. The molecule has 0 saturated heterocycles. The Bertz CT molecular complexity index is 985. The summed E-state index contributed by atoms with van der Waals surface area (Å²) in [6.07, 6.45) is 3.05. The van der Waals surface area contributed by atoms with Crippen LogP contribution in [0.1, 0.15) is 28.0 Å². The van der Waals surface area contributed by atoms with E-state index in [0.717, 1.165) is 22.6 Å². The van der Waals surface area contributed by atoms with Crippen LogP contribution >= 0.6 is 11.8 Å². The molecule has 2 aromatic carbocycles. The van der Waals surface area contributed by atoms with Crippen molar-refractivity contribution in [2.24, 2.45) is 7.05 Å². The van der Waals surface area contributed by atoms with Gasteiger partial charge in [-0.15, -0.1) is 0 Å². The van der Waals surface area contributed by atoms with Crippen molar-refractivity contribution in [1.82, 2.24) is 9.78 Å². The normalized spacial score (nSPS) is 10.6. The van der Waals surface area contributed by atoms with E-state index in [-0.39, 0.29) is 17.5 Å². The van der Waals surface area contributed by atoms with Crippen LogP contribution in [-0.2, 0) is 24.0 Å². The quantitative estimate of drug-likeness (QED) is 0.588. The number of hydrogen-bond donors (Lipinski definition) is 2. The van der Waals surface area contributed by atoms with Crippen molar-refractivity contribution in [1.29, 1.82) is 0 Å². The number of hydrogen-bond acceptors (Lipinski definition) is 4. The second kappa shape index (κ2) is 9.93. The van der Waals surface area contributed by atoms with E-state index < -0.39 is 0 Å². The van der Waals surface area contributed by atoms with E-state index in [1.807, 2.05) is 60.9 Å². The molecule has 2 N–H and O–H groups in total.